The highest BCUT2D eigenvalue weighted by Crippen LogP contribution is 2.05. The predicted molar refractivity (Wildman–Crippen MR) is 277 cm³/mol. The zero-order valence-electron chi connectivity index (χ0n) is 47.7. The van der Waals surface area contributed by atoms with Crippen LogP contribution < -0.4 is 56.8 Å². The summed E-state index contributed by atoms with van der Waals surface area (Å²) in [5.74, 6) is 7.82. The number of halogens is 6. The summed E-state index contributed by atoms with van der Waals surface area (Å²) < 4.78 is 136. The summed E-state index contributed by atoms with van der Waals surface area (Å²) in [6, 6.07) is 0. The second kappa shape index (κ2) is 51.1. The Balaban J connectivity index is -0.000000185. The summed E-state index contributed by atoms with van der Waals surface area (Å²) in [5.41, 5.74) is 0. The quantitative estimate of drug-likeness (QED) is 0.132. The van der Waals surface area contributed by atoms with Crippen molar-refractivity contribution in [1.29, 1.82) is 0 Å². The molecule has 6 unspecified atom stereocenters. The van der Waals surface area contributed by atoms with Crippen molar-refractivity contribution < 1.29 is 109 Å². The Labute approximate surface area is 459 Å². The van der Waals surface area contributed by atoms with Gasteiger partial charge in [-0.3, -0.25) is 0 Å². The van der Waals surface area contributed by atoms with Gasteiger partial charge >= 0.3 is 0 Å². The molecule has 36 heteroatoms. The number of hydrogen-bond acceptors (Lipinski definition) is 12. The van der Waals surface area contributed by atoms with Crippen LogP contribution in [0.1, 0.15) is 76.5 Å². The van der Waals surface area contributed by atoms with E-state index in [9.17, 15) is 25.2 Å². The number of aromatic nitrogens is 12. The molecule has 0 radical (unpaired) electrons. The number of imidazole rings is 6. The zero-order chi connectivity index (χ0) is 62.6. The first-order chi connectivity index (χ1) is 35.9. The first kappa shape index (κ1) is 85.3. The van der Waals surface area contributed by atoms with Gasteiger partial charge in [0.25, 0.3) is 34.9 Å². The molecule has 6 atom stereocenters. The van der Waals surface area contributed by atoms with Gasteiger partial charge in [-0.25, -0.2) is 80.0 Å². The summed E-state index contributed by atoms with van der Waals surface area (Å²) in [6.07, 6.45) is 25.0. The third kappa shape index (κ3) is 49.1. The lowest BCUT2D eigenvalue weighted by molar-refractivity contribution is -0.699. The predicted octanol–water partition coefficient (Wildman–Crippen LogP) is 2.08. The first-order valence-corrected chi connectivity index (χ1v) is 30.4. The molecule has 0 bridgehead atoms. The van der Waals surface area contributed by atoms with Crippen molar-refractivity contribution in [2.45, 2.75) is 122 Å². The Morgan fingerprint density at radius 3 is 0.397 bits per heavy atom. The Hall–Kier alpha value is -4.02. The minimum absolute atomic E-state index is 1.06. The Kier molecular flexibility index (Phi) is 55.9. The first-order valence-electron chi connectivity index (χ1n) is 23.2. The number of hydrogen-bond donors (Lipinski definition) is 0. The van der Waals surface area contributed by atoms with E-state index in [-0.39, 0.29) is 0 Å². The Bertz CT molecular complexity index is 2160. The molecule has 0 saturated carbocycles. The van der Waals surface area contributed by atoms with Crippen LogP contribution in [-0.4, -0.2) is 27.4 Å². The van der Waals surface area contributed by atoms with Crippen molar-refractivity contribution in [1.82, 2.24) is 27.4 Å². The molecule has 0 aliphatic rings. The number of nitrogens with zero attached hydrogens (tertiary/aromatic N) is 12. The van der Waals surface area contributed by atoms with Gasteiger partial charge < -0.3 is 56.8 Å². The highest BCUT2D eigenvalue weighted by atomic mass is 31.2. The van der Waals surface area contributed by atoms with E-state index < -0.39 is 50.0 Å². The standard InChI is InChI=1S/6C7H13N2.6FH2O2P/c6*1-4-9-6-5-8(3)7(9)2;6*1-4(2)3/h6*5-6H,4H2,1-3H3;6*4H,(H,2,3)/q6*+1;;;;;;/p-6. The van der Waals surface area contributed by atoms with E-state index in [2.05, 4.69) is 255 Å². The van der Waals surface area contributed by atoms with E-state index in [1.165, 1.54) is 34.9 Å². The molecule has 0 aliphatic carbocycles. The van der Waals surface area contributed by atoms with Crippen molar-refractivity contribution in [2.24, 2.45) is 42.3 Å². The molecule has 0 N–H and O–H groups in total. The van der Waals surface area contributed by atoms with Crippen LogP contribution in [0.5, 0.6) is 0 Å². The molecule has 6 heterocycles. The minimum Gasteiger partial charge on any atom is -0.777 e. The van der Waals surface area contributed by atoms with Crippen LogP contribution in [0.15, 0.2) is 74.4 Å². The van der Waals surface area contributed by atoms with E-state index in [4.69, 9.17) is 56.8 Å². The summed E-state index contributed by atoms with van der Waals surface area (Å²) in [5, 5.41) is 0. The fourth-order valence-corrected chi connectivity index (χ4v) is 5.60. The van der Waals surface area contributed by atoms with Gasteiger partial charge in [-0.1, -0.05) is 0 Å². The van der Waals surface area contributed by atoms with E-state index in [0.29, 0.717) is 0 Å². The van der Waals surface area contributed by atoms with Crippen LogP contribution in [0.25, 0.3) is 0 Å². The van der Waals surface area contributed by atoms with Crippen molar-refractivity contribution in [2.75, 3.05) is 0 Å². The van der Waals surface area contributed by atoms with E-state index in [1.807, 2.05) is 0 Å². The van der Waals surface area contributed by atoms with Gasteiger partial charge in [0.05, 0.1) is 81.6 Å². The summed E-state index contributed by atoms with van der Waals surface area (Å²) in [4.78, 5) is 50.4. The molecule has 0 aromatic carbocycles. The second-order valence-electron chi connectivity index (χ2n) is 14.9. The van der Waals surface area contributed by atoms with Crippen molar-refractivity contribution >= 4 is 50.0 Å². The SMILES string of the molecule is CC[n+]1ccn(C)c1C.CC[n+]1ccn(C)c1C.CC[n+]1ccn(C)c1C.CC[n+]1ccn(C)c1C.CC[n+]1ccn(C)c1C.CC[n+]1ccn(C)c1C.O=[PH]([O-])F.O=[PH]([O-])F.O=[PH]([O-])F.O=[PH]([O-])F.O=[PH]([O-])F.O=[PH]([O-])F. The smallest absolute Gasteiger partial charge is 0.252 e. The van der Waals surface area contributed by atoms with Crippen LogP contribution in [-0.2, 0) is 109 Å². The molecule has 0 amide bonds. The van der Waals surface area contributed by atoms with E-state index in [0.717, 1.165) is 39.3 Å². The maximum atomic E-state index is 9.99. The highest BCUT2D eigenvalue weighted by Gasteiger charge is 2.08. The van der Waals surface area contributed by atoms with Gasteiger partial charge in [-0.15, -0.1) is 0 Å². The van der Waals surface area contributed by atoms with Crippen LogP contribution in [0.4, 0.5) is 25.2 Å². The average Bonchev–Trinajstić information content (AvgIpc) is 4.17. The normalized spacial score (nSPS) is 11.8. The highest BCUT2D eigenvalue weighted by molar-refractivity contribution is 7.30. The molecule has 6 rings (SSSR count). The lowest BCUT2D eigenvalue weighted by atomic mass is 10.6. The van der Waals surface area contributed by atoms with Crippen LogP contribution in [0.3, 0.4) is 0 Å². The van der Waals surface area contributed by atoms with E-state index in [1.54, 1.807) is 0 Å². The summed E-state index contributed by atoms with van der Waals surface area (Å²) in [7, 11) is -10.9. The fourth-order valence-electron chi connectivity index (χ4n) is 5.60. The van der Waals surface area contributed by atoms with Crippen molar-refractivity contribution in [3.05, 3.63) is 109 Å². The van der Waals surface area contributed by atoms with Crippen molar-refractivity contribution in [3.63, 3.8) is 0 Å². The van der Waals surface area contributed by atoms with Gasteiger partial charge in [0.1, 0.15) is 74.4 Å². The van der Waals surface area contributed by atoms with Crippen LogP contribution >= 0.6 is 50.0 Å². The zero-order valence-corrected chi connectivity index (χ0v) is 53.7. The molecule has 0 aliphatic heterocycles. The molecule has 456 valence electrons. The monoisotopic (exact) mass is 1250 g/mol. The van der Waals surface area contributed by atoms with Gasteiger partial charge in [-0.2, -0.15) is 0 Å². The molecule has 0 spiro atoms. The van der Waals surface area contributed by atoms with Gasteiger partial charge in [0.15, 0.2) is 50.0 Å². The van der Waals surface area contributed by atoms with Gasteiger partial charge in [0.2, 0.25) is 0 Å². The molecular formula is C42H84F6N12O12P6. The third-order valence-corrected chi connectivity index (χ3v) is 10.4. The molecule has 6 aromatic rings. The maximum Gasteiger partial charge on any atom is 0.252 e. The summed E-state index contributed by atoms with van der Waals surface area (Å²) in [6.45, 7) is 31.9. The van der Waals surface area contributed by atoms with Gasteiger partial charge in [-0.05, 0) is 41.5 Å². The lowest BCUT2D eigenvalue weighted by Gasteiger charge is -1.90. The fraction of sp³-hybridized carbons (Fsp3) is 0.571. The van der Waals surface area contributed by atoms with Crippen LogP contribution in [0.2, 0.25) is 0 Å². The van der Waals surface area contributed by atoms with Gasteiger partial charge in [0, 0.05) is 41.5 Å². The maximum absolute atomic E-state index is 9.99. The number of aryl methyl sites for hydroxylation is 12. The van der Waals surface area contributed by atoms with Crippen molar-refractivity contribution in [3.8, 4) is 0 Å². The number of rotatable bonds is 6. The van der Waals surface area contributed by atoms with E-state index >= 15 is 0 Å². The summed E-state index contributed by atoms with van der Waals surface area (Å²) >= 11 is 0. The topological polar surface area (TPSA) is 294 Å². The third-order valence-electron chi connectivity index (χ3n) is 10.4. The molecule has 0 fully saturated rings. The lowest BCUT2D eigenvalue weighted by Crippen LogP contribution is -2.33. The average molecular weight is 1250 g/mol. The molecule has 78 heavy (non-hydrogen) atoms. The molecule has 6 aromatic heterocycles. The Morgan fingerprint density at radius 1 is 0.295 bits per heavy atom. The molecule has 24 nitrogen and oxygen atoms in total. The largest absolute Gasteiger partial charge is 0.777 e. The Morgan fingerprint density at radius 2 is 0.372 bits per heavy atom. The van der Waals surface area contributed by atoms with Crippen LogP contribution in [0, 0.1) is 41.5 Å². The minimum atomic E-state index is -3.88. The molecular weight excluding hydrogens is 1160 g/mol. The molecule has 0 saturated heterocycles. The second-order valence-corrected chi connectivity index (χ2v) is 17.7.